The monoisotopic (exact) mass is 726 g/mol. The highest BCUT2D eigenvalue weighted by Gasteiger charge is 2.19. The van der Waals surface area contributed by atoms with E-state index in [0.29, 0.717) is 0 Å². The lowest BCUT2D eigenvalue weighted by Gasteiger charge is -2.14. The first-order valence-electron chi connectivity index (χ1n) is 19.5. The van der Waals surface area contributed by atoms with Crippen LogP contribution in [-0.2, 0) is 0 Å². The predicted octanol–water partition coefficient (Wildman–Crippen LogP) is 14.8. The number of rotatable bonds is 5. The van der Waals surface area contributed by atoms with E-state index in [1.165, 1.54) is 77.2 Å². The zero-order chi connectivity index (χ0) is 37.5. The summed E-state index contributed by atoms with van der Waals surface area (Å²) < 4.78 is 11.1. The molecule has 0 spiro atoms. The minimum absolute atomic E-state index is 0.894. The summed E-state index contributed by atoms with van der Waals surface area (Å²) in [6.45, 7) is 0. The molecule has 9 aromatic carbocycles. The van der Waals surface area contributed by atoms with E-state index < -0.39 is 0 Å². The first-order chi connectivity index (χ1) is 28.3. The molecule has 0 saturated carbocycles. The van der Waals surface area contributed by atoms with Gasteiger partial charge in [-0.3, -0.25) is 0 Å². The second-order valence-electron chi connectivity index (χ2n) is 14.9. The van der Waals surface area contributed by atoms with Gasteiger partial charge in [0.05, 0.1) is 27.8 Å². The van der Waals surface area contributed by atoms with E-state index in [1.807, 2.05) is 12.1 Å². The highest BCUT2D eigenvalue weighted by Crippen LogP contribution is 2.41. The lowest BCUT2D eigenvalue weighted by Crippen LogP contribution is -1.97. The molecule has 0 N–H and O–H groups in total. The van der Waals surface area contributed by atoms with Crippen LogP contribution in [0.25, 0.3) is 110 Å². The standard InChI is InChI=1S/C54H34N2O/c1-3-13-35(14-4-1)37-23-29-51-46(31-37)47-33-39(25-30-52(47)56(51)48-20-10-7-17-41(48)36-15-5-2-6-16-36)38-24-28-50-45(32-38)42-18-8-11-21-49(42)55(50)40-26-27-44-43-19-9-12-22-53(43)57-54(44)34-40/h1-34H. The molecule has 0 saturated heterocycles. The van der Waals surface area contributed by atoms with E-state index in [2.05, 4.69) is 203 Å². The molecule has 0 fully saturated rings. The minimum Gasteiger partial charge on any atom is -0.456 e. The third kappa shape index (κ3) is 4.92. The molecule has 0 atom stereocenters. The molecule has 0 amide bonds. The number of nitrogens with zero attached hydrogens (tertiary/aromatic N) is 2. The van der Waals surface area contributed by atoms with Gasteiger partial charge in [0.25, 0.3) is 0 Å². The number of fused-ring (bicyclic) bond motifs is 9. The summed E-state index contributed by atoms with van der Waals surface area (Å²) in [6.07, 6.45) is 0. The summed E-state index contributed by atoms with van der Waals surface area (Å²) >= 11 is 0. The largest absolute Gasteiger partial charge is 0.456 e. The average molecular weight is 727 g/mol. The molecule has 12 rings (SSSR count). The molecule has 3 heterocycles. The lowest BCUT2D eigenvalue weighted by molar-refractivity contribution is 0.668. The van der Waals surface area contributed by atoms with Crippen LogP contribution in [0.3, 0.4) is 0 Å². The third-order valence-corrected chi connectivity index (χ3v) is 11.7. The van der Waals surface area contributed by atoms with Gasteiger partial charge in [-0.2, -0.15) is 0 Å². The van der Waals surface area contributed by atoms with Gasteiger partial charge in [0, 0.05) is 49.6 Å². The lowest BCUT2D eigenvalue weighted by atomic mass is 9.99. The van der Waals surface area contributed by atoms with Crippen molar-refractivity contribution in [3.05, 3.63) is 206 Å². The van der Waals surface area contributed by atoms with E-state index in [9.17, 15) is 0 Å². The topological polar surface area (TPSA) is 23.0 Å². The van der Waals surface area contributed by atoms with Crippen LogP contribution in [0.1, 0.15) is 0 Å². The Hall–Kier alpha value is -7.62. The van der Waals surface area contributed by atoms with Crippen molar-refractivity contribution in [3.8, 4) is 44.8 Å². The van der Waals surface area contributed by atoms with Gasteiger partial charge in [0.2, 0.25) is 0 Å². The fourth-order valence-electron chi connectivity index (χ4n) is 9.09. The van der Waals surface area contributed by atoms with Gasteiger partial charge < -0.3 is 13.6 Å². The second-order valence-corrected chi connectivity index (χ2v) is 14.9. The van der Waals surface area contributed by atoms with Crippen LogP contribution in [0.5, 0.6) is 0 Å². The summed E-state index contributed by atoms with van der Waals surface area (Å²) in [6, 6.07) is 74.6. The Labute approximate surface area is 328 Å². The van der Waals surface area contributed by atoms with Gasteiger partial charge in [0.1, 0.15) is 11.2 Å². The number of benzene rings is 9. The highest BCUT2D eigenvalue weighted by atomic mass is 16.3. The third-order valence-electron chi connectivity index (χ3n) is 11.7. The van der Waals surface area contributed by atoms with Gasteiger partial charge in [-0.1, -0.05) is 133 Å². The predicted molar refractivity (Wildman–Crippen MR) is 239 cm³/mol. The molecule has 3 nitrogen and oxygen atoms in total. The maximum Gasteiger partial charge on any atom is 0.137 e. The van der Waals surface area contributed by atoms with Gasteiger partial charge in [-0.15, -0.1) is 0 Å². The van der Waals surface area contributed by atoms with Crippen LogP contribution in [0.15, 0.2) is 211 Å². The Morgan fingerprint density at radius 3 is 1.51 bits per heavy atom. The number of hydrogen-bond acceptors (Lipinski definition) is 1. The normalized spacial score (nSPS) is 11.9. The quantitative estimate of drug-likeness (QED) is 0.173. The smallest absolute Gasteiger partial charge is 0.137 e. The molecule has 0 aliphatic rings. The molecule has 266 valence electrons. The molecule has 3 aromatic heterocycles. The van der Waals surface area contributed by atoms with Crippen molar-refractivity contribution in [2.45, 2.75) is 0 Å². The van der Waals surface area contributed by atoms with Crippen molar-refractivity contribution in [1.82, 2.24) is 9.13 Å². The van der Waals surface area contributed by atoms with Crippen LogP contribution in [0.2, 0.25) is 0 Å². The Morgan fingerprint density at radius 1 is 0.281 bits per heavy atom. The maximum absolute atomic E-state index is 6.33. The summed E-state index contributed by atoms with van der Waals surface area (Å²) in [7, 11) is 0. The number of aromatic nitrogens is 2. The van der Waals surface area contributed by atoms with E-state index in [-0.39, 0.29) is 0 Å². The van der Waals surface area contributed by atoms with Crippen LogP contribution >= 0.6 is 0 Å². The van der Waals surface area contributed by atoms with E-state index in [4.69, 9.17) is 4.42 Å². The van der Waals surface area contributed by atoms with Crippen molar-refractivity contribution in [2.75, 3.05) is 0 Å². The van der Waals surface area contributed by atoms with Crippen LogP contribution in [0, 0.1) is 0 Å². The van der Waals surface area contributed by atoms with Crippen molar-refractivity contribution >= 4 is 65.6 Å². The molecule has 0 bridgehead atoms. The molecule has 57 heavy (non-hydrogen) atoms. The van der Waals surface area contributed by atoms with E-state index >= 15 is 0 Å². The van der Waals surface area contributed by atoms with Gasteiger partial charge >= 0.3 is 0 Å². The van der Waals surface area contributed by atoms with Gasteiger partial charge in [-0.25, -0.2) is 0 Å². The van der Waals surface area contributed by atoms with Crippen LogP contribution in [-0.4, -0.2) is 9.13 Å². The number of furan rings is 1. The first kappa shape index (κ1) is 31.7. The maximum atomic E-state index is 6.33. The Balaban J connectivity index is 1.06. The molecule has 3 heteroatoms. The van der Waals surface area contributed by atoms with Crippen molar-refractivity contribution in [1.29, 1.82) is 0 Å². The number of para-hydroxylation sites is 3. The zero-order valence-corrected chi connectivity index (χ0v) is 30.9. The molecular weight excluding hydrogens is 693 g/mol. The molecule has 0 aliphatic carbocycles. The summed E-state index contributed by atoms with van der Waals surface area (Å²) in [5.74, 6) is 0. The van der Waals surface area contributed by atoms with Crippen molar-refractivity contribution < 1.29 is 4.42 Å². The Bertz CT molecular complexity index is 3510. The second kappa shape index (κ2) is 12.5. The van der Waals surface area contributed by atoms with E-state index in [0.717, 1.165) is 33.1 Å². The minimum atomic E-state index is 0.894. The number of hydrogen-bond donors (Lipinski definition) is 0. The summed E-state index contributed by atoms with van der Waals surface area (Å²) in [5.41, 5.74) is 15.9. The molecule has 12 aromatic rings. The Morgan fingerprint density at radius 2 is 0.789 bits per heavy atom. The van der Waals surface area contributed by atoms with Gasteiger partial charge in [-0.05, 0) is 94.5 Å². The molecular formula is C54H34N2O. The fourth-order valence-corrected chi connectivity index (χ4v) is 9.09. The van der Waals surface area contributed by atoms with Crippen LogP contribution < -0.4 is 0 Å². The first-order valence-corrected chi connectivity index (χ1v) is 19.5. The highest BCUT2D eigenvalue weighted by molar-refractivity contribution is 6.14. The van der Waals surface area contributed by atoms with E-state index in [1.54, 1.807) is 0 Å². The van der Waals surface area contributed by atoms with Crippen molar-refractivity contribution in [2.24, 2.45) is 0 Å². The fraction of sp³-hybridized carbons (Fsp3) is 0. The average Bonchev–Trinajstić information content (AvgIpc) is 3.93. The molecule has 0 unspecified atom stereocenters. The summed E-state index contributed by atoms with van der Waals surface area (Å²) in [5, 5.41) is 7.18. The SMILES string of the molecule is c1ccc(-c2ccc3c(c2)c2cc(-c4ccc5c(c4)c4ccccc4n5-c4ccc5c(c4)oc4ccccc45)ccc2n3-c2ccccc2-c2ccccc2)cc1. The van der Waals surface area contributed by atoms with Crippen LogP contribution in [0.4, 0.5) is 0 Å². The zero-order valence-electron chi connectivity index (χ0n) is 30.9. The molecule has 0 aliphatic heterocycles. The van der Waals surface area contributed by atoms with Gasteiger partial charge in [0.15, 0.2) is 0 Å². The molecule has 0 radical (unpaired) electrons. The Kier molecular flexibility index (Phi) is 6.93. The van der Waals surface area contributed by atoms with Crippen molar-refractivity contribution in [3.63, 3.8) is 0 Å². The summed E-state index contributed by atoms with van der Waals surface area (Å²) in [4.78, 5) is 0.